The Balaban J connectivity index is 1.51. The summed E-state index contributed by atoms with van der Waals surface area (Å²) in [6.07, 6.45) is 3.28. The van der Waals surface area contributed by atoms with E-state index in [4.69, 9.17) is 4.74 Å². The fourth-order valence-corrected chi connectivity index (χ4v) is 2.74. The second-order valence-electron chi connectivity index (χ2n) is 6.12. The quantitative estimate of drug-likeness (QED) is 0.538. The van der Waals surface area contributed by atoms with Crippen LogP contribution < -0.4 is 10.1 Å². The van der Waals surface area contributed by atoms with Crippen molar-refractivity contribution in [3.63, 3.8) is 0 Å². The summed E-state index contributed by atoms with van der Waals surface area (Å²) >= 11 is 0. The van der Waals surface area contributed by atoms with Gasteiger partial charge in [-0.1, -0.05) is 30.3 Å². The number of ether oxygens (including phenoxy) is 1. The number of methoxy groups -OCH3 is 1. The number of carbonyl (C=O) groups excluding carboxylic acids is 1. The third kappa shape index (κ3) is 3.91. The van der Waals surface area contributed by atoms with Gasteiger partial charge < -0.3 is 10.1 Å². The van der Waals surface area contributed by atoms with Crippen LogP contribution in [0, 0.1) is 0 Å². The molecular formula is C22H18N4O2. The Morgan fingerprint density at radius 2 is 1.71 bits per heavy atom. The number of hydrogen-bond donors (Lipinski definition) is 1. The molecule has 0 saturated carbocycles. The van der Waals surface area contributed by atoms with Crippen molar-refractivity contribution in [1.29, 1.82) is 0 Å². The number of fused-ring (bicyclic) bond motifs is 1. The van der Waals surface area contributed by atoms with Crippen molar-refractivity contribution in [1.82, 2.24) is 15.0 Å². The van der Waals surface area contributed by atoms with Crippen molar-refractivity contribution in [2.45, 2.75) is 0 Å². The zero-order valence-corrected chi connectivity index (χ0v) is 15.2. The van der Waals surface area contributed by atoms with Gasteiger partial charge in [-0.25, -0.2) is 0 Å². The standard InChI is InChI=1S/C22H18N4O2/c1-28-19-11-9-18(10-12-19)26-24-20-13-8-17(15-21(20)25-26)23-22(27)14-7-16-5-3-2-4-6-16/h2-15H,1H3,(H,23,27)/b14-7+. The first kappa shape index (κ1) is 17.5. The van der Waals surface area contributed by atoms with Gasteiger partial charge in [-0.2, -0.15) is 4.80 Å². The van der Waals surface area contributed by atoms with Gasteiger partial charge in [0.05, 0.1) is 12.8 Å². The van der Waals surface area contributed by atoms with Gasteiger partial charge >= 0.3 is 0 Å². The molecule has 4 aromatic rings. The highest BCUT2D eigenvalue weighted by Crippen LogP contribution is 2.19. The Hall–Kier alpha value is -3.93. The lowest BCUT2D eigenvalue weighted by molar-refractivity contribution is -0.111. The Labute approximate surface area is 162 Å². The molecule has 0 bridgehead atoms. The summed E-state index contributed by atoms with van der Waals surface area (Å²) in [5, 5.41) is 11.8. The van der Waals surface area contributed by atoms with Crippen LogP contribution in [-0.2, 0) is 4.79 Å². The van der Waals surface area contributed by atoms with Gasteiger partial charge in [-0.3, -0.25) is 4.79 Å². The maximum Gasteiger partial charge on any atom is 0.248 e. The lowest BCUT2D eigenvalue weighted by Gasteiger charge is -2.01. The lowest BCUT2D eigenvalue weighted by Crippen LogP contribution is -2.07. The van der Waals surface area contributed by atoms with E-state index in [1.807, 2.05) is 66.7 Å². The van der Waals surface area contributed by atoms with Crippen LogP contribution >= 0.6 is 0 Å². The first-order valence-corrected chi connectivity index (χ1v) is 8.77. The number of aromatic nitrogens is 3. The van der Waals surface area contributed by atoms with Gasteiger partial charge in [0.15, 0.2) is 0 Å². The molecule has 0 atom stereocenters. The van der Waals surface area contributed by atoms with E-state index in [0.717, 1.165) is 22.5 Å². The zero-order valence-electron chi connectivity index (χ0n) is 15.2. The minimum Gasteiger partial charge on any atom is -0.497 e. The molecule has 0 aliphatic heterocycles. The highest BCUT2D eigenvalue weighted by Gasteiger charge is 2.07. The lowest BCUT2D eigenvalue weighted by atomic mass is 10.2. The van der Waals surface area contributed by atoms with Crippen LogP contribution in [-0.4, -0.2) is 28.0 Å². The molecule has 138 valence electrons. The average Bonchev–Trinajstić information content (AvgIpc) is 3.16. The van der Waals surface area contributed by atoms with E-state index >= 15 is 0 Å². The third-order valence-corrected chi connectivity index (χ3v) is 4.18. The monoisotopic (exact) mass is 370 g/mol. The van der Waals surface area contributed by atoms with Gasteiger partial charge in [0.1, 0.15) is 16.8 Å². The molecule has 1 heterocycles. The third-order valence-electron chi connectivity index (χ3n) is 4.18. The molecule has 6 nitrogen and oxygen atoms in total. The Morgan fingerprint density at radius 3 is 2.46 bits per heavy atom. The summed E-state index contributed by atoms with van der Waals surface area (Å²) in [6, 6.07) is 22.6. The summed E-state index contributed by atoms with van der Waals surface area (Å²) < 4.78 is 5.17. The predicted octanol–water partition coefficient (Wildman–Crippen LogP) is 4.08. The van der Waals surface area contributed by atoms with Gasteiger partial charge in [0.25, 0.3) is 0 Å². The molecule has 0 unspecified atom stereocenters. The fraction of sp³-hybridized carbons (Fsp3) is 0.0455. The molecule has 28 heavy (non-hydrogen) atoms. The maximum absolute atomic E-state index is 12.2. The van der Waals surface area contributed by atoms with E-state index in [1.54, 1.807) is 24.0 Å². The largest absolute Gasteiger partial charge is 0.497 e. The first-order chi connectivity index (χ1) is 13.7. The van der Waals surface area contributed by atoms with Crippen LogP contribution in [0.5, 0.6) is 5.75 Å². The Kier molecular flexibility index (Phi) is 4.84. The van der Waals surface area contributed by atoms with E-state index in [1.165, 1.54) is 6.08 Å². The normalized spacial score (nSPS) is 11.0. The summed E-state index contributed by atoms with van der Waals surface area (Å²) in [7, 11) is 1.63. The molecular weight excluding hydrogens is 352 g/mol. The fourth-order valence-electron chi connectivity index (χ4n) is 2.74. The number of benzene rings is 3. The molecule has 0 spiro atoms. The molecule has 1 N–H and O–H groups in total. The van der Waals surface area contributed by atoms with Crippen molar-refractivity contribution in [3.8, 4) is 11.4 Å². The zero-order chi connectivity index (χ0) is 19.3. The number of carbonyl (C=O) groups is 1. The minimum absolute atomic E-state index is 0.203. The number of rotatable bonds is 5. The smallest absolute Gasteiger partial charge is 0.248 e. The van der Waals surface area contributed by atoms with Crippen LogP contribution in [0.15, 0.2) is 78.9 Å². The number of nitrogens with one attached hydrogen (secondary N) is 1. The molecule has 6 heteroatoms. The highest BCUT2D eigenvalue weighted by molar-refractivity contribution is 6.02. The van der Waals surface area contributed by atoms with E-state index < -0.39 is 0 Å². The van der Waals surface area contributed by atoms with Crippen molar-refractivity contribution < 1.29 is 9.53 Å². The van der Waals surface area contributed by atoms with Crippen LogP contribution in [0.25, 0.3) is 22.8 Å². The second kappa shape index (κ2) is 7.75. The van der Waals surface area contributed by atoms with E-state index in [9.17, 15) is 4.79 Å². The molecule has 0 fully saturated rings. The number of hydrogen-bond acceptors (Lipinski definition) is 4. The van der Waals surface area contributed by atoms with Crippen LogP contribution in [0.3, 0.4) is 0 Å². The summed E-state index contributed by atoms with van der Waals surface area (Å²) in [4.78, 5) is 13.7. The number of amides is 1. The van der Waals surface area contributed by atoms with Crippen molar-refractivity contribution >= 4 is 28.7 Å². The van der Waals surface area contributed by atoms with E-state index in [-0.39, 0.29) is 5.91 Å². The first-order valence-electron chi connectivity index (χ1n) is 8.77. The maximum atomic E-state index is 12.2. The minimum atomic E-state index is -0.203. The SMILES string of the molecule is COc1ccc(-n2nc3ccc(NC(=O)/C=C/c4ccccc4)cc3n2)cc1. The molecule has 4 rings (SSSR count). The topological polar surface area (TPSA) is 69.0 Å². The average molecular weight is 370 g/mol. The van der Waals surface area contributed by atoms with Crippen molar-refractivity contribution in [2.24, 2.45) is 0 Å². The molecule has 3 aromatic carbocycles. The highest BCUT2D eigenvalue weighted by atomic mass is 16.5. The van der Waals surface area contributed by atoms with E-state index in [0.29, 0.717) is 11.2 Å². The van der Waals surface area contributed by atoms with Gasteiger partial charge in [0, 0.05) is 11.8 Å². The van der Waals surface area contributed by atoms with Crippen LogP contribution in [0.2, 0.25) is 0 Å². The molecule has 0 saturated heterocycles. The van der Waals surface area contributed by atoms with Crippen LogP contribution in [0.4, 0.5) is 5.69 Å². The van der Waals surface area contributed by atoms with Crippen LogP contribution in [0.1, 0.15) is 5.56 Å². The van der Waals surface area contributed by atoms with E-state index in [2.05, 4.69) is 15.5 Å². The molecule has 1 amide bonds. The Morgan fingerprint density at radius 1 is 0.964 bits per heavy atom. The molecule has 0 radical (unpaired) electrons. The number of anilines is 1. The number of nitrogens with zero attached hydrogens (tertiary/aromatic N) is 3. The van der Waals surface area contributed by atoms with Gasteiger partial charge in [-0.05, 0) is 54.1 Å². The summed E-state index contributed by atoms with van der Waals surface area (Å²) in [5.74, 6) is 0.569. The van der Waals surface area contributed by atoms with Crippen molar-refractivity contribution in [2.75, 3.05) is 12.4 Å². The Bertz CT molecular complexity index is 1130. The molecule has 1 aromatic heterocycles. The molecule has 0 aliphatic rings. The van der Waals surface area contributed by atoms with Gasteiger partial charge in [-0.15, -0.1) is 10.2 Å². The second-order valence-corrected chi connectivity index (χ2v) is 6.12. The van der Waals surface area contributed by atoms with Gasteiger partial charge in [0.2, 0.25) is 5.91 Å². The summed E-state index contributed by atoms with van der Waals surface area (Å²) in [5.41, 5.74) is 3.90. The van der Waals surface area contributed by atoms with Crippen molar-refractivity contribution in [3.05, 3.63) is 84.4 Å². The summed E-state index contributed by atoms with van der Waals surface area (Å²) in [6.45, 7) is 0. The molecule has 0 aliphatic carbocycles. The predicted molar refractivity (Wildman–Crippen MR) is 110 cm³/mol.